The van der Waals surface area contributed by atoms with Gasteiger partial charge < -0.3 is 0 Å². The summed E-state index contributed by atoms with van der Waals surface area (Å²) in [6, 6.07) is 0. The molecule has 0 radical (unpaired) electrons. The minimum atomic E-state index is -0.621. The van der Waals surface area contributed by atoms with Gasteiger partial charge >= 0.3 is 0 Å². The van der Waals surface area contributed by atoms with Crippen LogP contribution in [0.4, 0.5) is 8.78 Å². The van der Waals surface area contributed by atoms with Crippen LogP contribution in [0.1, 0.15) is 52.4 Å². The van der Waals surface area contributed by atoms with Crippen LogP contribution < -0.4 is 0 Å². The summed E-state index contributed by atoms with van der Waals surface area (Å²) < 4.78 is 25.9. The molecule has 0 aromatic heterocycles. The van der Waals surface area contributed by atoms with Gasteiger partial charge in [-0.25, -0.2) is 8.78 Å². The first-order valence-corrected chi connectivity index (χ1v) is 5.66. The largest absolute Gasteiger partial charge is 0.209 e. The van der Waals surface area contributed by atoms with Gasteiger partial charge in [-0.15, -0.1) is 0 Å². The number of halogens is 2. The topological polar surface area (TPSA) is 0 Å². The van der Waals surface area contributed by atoms with E-state index < -0.39 is 11.7 Å². The van der Waals surface area contributed by atoms with Crippen molar-refractivity contribution in [2.45, 2.75) is 52.4 Å². The predicted octanol–water partition coefficient (Wildman–Crippen LogP) is 4.76. The molecule has 1 fully saturated rings. The monoisotopic (exact) mass is 202 g/mol. The first-order valence-electron chi connectivity index (χ1n) is 5.66. The van der Waals surface area contributed by atoms with Gasteiger partial charge in [-0.1, -0.05) is 19.8 Å². The summed E-state index contributed by atoms with van der Waals surface area (Å²) in [5.41, 5.74) is 0. The van der Waals surface area contributed by atoms with Crippen molar-refractivity contribution in [2.24, 2.45) is 11.8 Å². The predicted molar refractivity (Wildman–Crippen MR) is 55.3 cm³/mol. The van der Waals surface area contributed by atoms with Gasteiger partial charge in [0.1, 0.15) is 11.7 Å². The Morgan fingerprint density at radius 2 is 1.71 bits per heavy atom. The second kappa shape index (κ2) is 5.47. The van der Waals surface area contributed by atoms with Gasteiger partial charge in [-0.2, -0.15) is 0 Å². The second-order valence-corrected chi connectivity index (χ2v) is 4.39. The minimum Gasteiger partial charge on any atom is -0.209 e. The van der Waals surface area contributed by atoms with Crippen LogP contribution in [-0.2, 0) is 0 Å². The lowest BCUT2D eigenvalue weighted by atomic mass is 9.79. The van der Waals surface area contributed by atoms with Gasteiger partial charge in [0, 0.05) is 5.92 Å². The molecule has 0 nitrogen and oxygen atoms in total. The summed E-state index contributed by atoms with van der Waals surface area (Å²) in [7, 11) is 0. The van der Waals surface area contributed by atoms with Crippen LogP contribution >= 0.6 is 0 Å². The zero-order chi connectivity index (χ0) is 10.6. The lowest BCUT2D eigenvalue weighted by Crippen LogP contribution is -2.15. The molecule has 1 aliphatic carbocycles. The van der Waals surface area contributed by atoms with E-state index >= 15 is 0 Å². The Balaban J connectivity index is 2.39. The maximum absolute atomic E-state index is 13.2. The standard InChI is InChI=1S/C12H20F2/c1-3-4-10-5-7-11(8-6-10)12(14)9(2)13/h10-11H,3-8H2,1-2H3. The Kier molecular flexibility index (Phi) is 4.56. The molecule has 82 valence electrons. The van der Waals surface area contributed by atoms with E-state index in [0.717, 1.165) is 31.6 Å². The van der Waals surface area contributed by atoms with E-state index in [2.05, 4.69) is 6.92 Å². The van der Waals surface area contributed by atoms with Crippen molar-refractivity contribution in [3.63, 3.8) is 0 Å². The lowest BCUT2D eigenvalue weighted by Gasteiger charge is -2.27. The Morgan fingerprint density at radius 3 is 2.14 bits per heavy atom. The Labute approximate surface area is 85.4 Å². The quantitative estimate of drug-likeness (QED) is 0.618. The Bertz CT molecular complexity index is 196. The highest BCUT2D eigenvalue weighted by Crippen LogP contribution is 2.36. The van der Waals surface area contributed by atoms with Crippen molar-refractivity contribution < 1.29 is 8.78 Å². The van der Waals surface area contributed by atoms with E-state index in [1.807, 2.05) is 0 Å². The SMILES string of the molecule is CCCC1CCC(C(F)=C(C)F)CC1. The molecule has 0 amide bonds. The third-order valence-electron chi connectivity index (χ3n) is 3.23. The first kappa shape index (κ1) is 11.7. The number of hydrogen-bond donors (Lipinski definition) is 0. The van der Waals surface area contributed by atoms with Crippen LogP contribution in [0.15, 0.2) is 11.7 Å². The molecule has 1 saturated carbocycles. The molecule has 2 heteroatoms. The molecule has 0 saturated heterocycles. The number of rotatable bonds is 3. The highest BCUT2D eigenvalue weighted by Gasteiger charge is 2.24. The van der Waals surface area contributed by atoms with Crippen LogP contribution in [0.3, 0.4) is 0 Å². The van der Waals surface area contributed by atoms with Gasteiger partial charge in [-0.3, -0.25) is 0 Å². The van der Waals surface area contributed by atoms with E-state index in [0.29, 0.717) is 0 Å². The van der Waals surface area contributed by atoms with Crippen molar-refractivity contribution >= 4 is 0 Å². The molecule has 0 bridgehead atoms. The minimum absolute atomic E-state index is 0.131. The van der Waals surface area contributed by atoms with E-state index in [1.54, 1.807) is 0 Å². The second-order valence-electron chi connectivity index (χ2n) is 4.39. The molecule has 14 heavy (non-hydrogen) atoms. The van der Waals surface area contributed by atoms with Gasteiger partial charge in [0.05, 0.1) is 0 Å². The van der Waals surface area contributed by atoms with Crippen molar-refractivity contribution in [2.75, 3.05) is 0 Å². The highest BCUT2D eigenvalue weighted by atomic mass is 19.2. The van der Waals surface area contributed by atoms with Crippen LogP contribution in [0, 0.1) is 11.8 Å². The third-order valence-corrected chi connectivity index (χ3v) is 3.23. The fourth-order valence-electron chi connectivity index (χ4n) is 2.39. The fraction of sp³-hybridized carbons (Fsp3) is 0.833. The fourth-order valence-corrected chi connectivity index (χ4v) is 2.39. The summed E-state index contributed by atoms with van der Waals surface area (Å²) >= 11 is 0. The van der Waals surface area contributed by atoms with Crippen molar-refractivity contribution in [1.29, 1.82) is 0 Å². The summed E-state index contributed by atoms with van der Waals surface area (Å²) in [5, 5.41) is 0. The molecule has 0 aromatic rings. The molecule has 0 unspecified atom stereocenters. The van der Waals surface area contributed by atoms with Crippen LogP contribution in [0.5, 0.6) is 0 Å². The smallest absolute Gasteiger partial charge is 0.134 e. The van der Waals surface area contributed by atoms with Crippen LogP contribution in [0.2, 0.25) is 0 Å². The van der Waals surface area contributed by atoms with E-state index in [4.69, 9.17) is 0 Å². The zero-order valence-corrected chi connectivity index (χ0v) is 9.15. The van der Waals surface area contributed by atoms with Crippen LogP contribution in [0.25, 0.3) is 0 Å². The van der Waals surface area contributed by atoms with Crippen molar-refractivity contribution in [3.05, 3.63) is 11.7 Å². The maximum atomic E-state index is 13.2. The first-order chi connectivity index (χ1) is 6.65. The zero-order valence-electron chi connectivity index (χ0n) is 9.15. The van der Waals surface area contributed by atoms with Crippen molar-refractivity contribution in [1.82, 2.24) is 0 Å². The summed E-state index contributed by atoms with van der Waals surface area (Å²) in [5.74, 6) is -0.499. The molecular weight excluding hydrogens is 182 g/mol. The van der Waals surface area contributed by atoms with Gasteiger partial charge in [0.15, 0.2) is 0 Å². The molecule has 0 N–H and O–H groups in total. The van der Waals surface area contributed by atoms with Gasteiger partial charge in [-0.05, 0) is 38.5 Å². The molecule has 1 rings (SSSR count). The molecule has 0 aliphatic heterocycles. The average Bonchev–Trinajstić information content (AvgIpc) is 2.18. The highest BCUT2D eigenvalue weighted by molar-refractivity contribution is 5.02. The molecule has 0 aromatic carbocycles. The molecule has 0 heterocycles. The van der Waals surface area contributed by atoms with E-state index in [9.17, 15) is 8.78 Å². The van der Waals surface area contributed by atoms with Gasteiger partial charge in [0.2, 0.25) is 0 Å². The molecular formula is C12H20F2. The summed E-state index contributed by atoms with van der Waals surface area (Å²) in [6.07, 6.45) is 6.25. The summed E-state index contributed by atoms with van der Waals surface area (Å²) in [4.78, 5) is 0. The lowest BCUT2D eigenvalue weighted by molar-refractivity contribution is 0.256. The van der Waals surface area contributed by atoms with Crippen molar-refractivity contribution in [3.8, 4) is 0 Å². The molecule has 0 atom stereocenters. The summed E-state index contributed by atoms with van der Waals surface area (Å²) in [6.45, 7) is 3.39. The van der Waals surface area contributed by atoms with Crippen LogP contribution in [-0.4, -0.2) is 0 Å². The van der Waals surface area contributed by atoms with E-state index in [1.165, 1.54) is 19.8 Å². The maximum Gasteiger partial charge on any atom is 0.134 e. The third kappa shape index (κ3) is 3.07. The Morgan fingerprint density at radius 1 is 1.14 bits per heavy atom. The number of allylic oxidation sites excluding steroid dienone is 2. The molecule has 0 spiro atoms. The number of hydrogen-bond acceptors (Lipinski definition) is 0. The van der Waals surface area contributed by atoms with Gasteiger partial charge in [0.25, 0.3) is 0 Å². The average molecular weight is 202 g/mol. The molecule has 1 aliphatic rings. The normalized spacial score (nSPS) is 30.0. The van der Waals surface area contributed by atoms with E-state index in [-0.39, 0.29) is 5.92 Å². The Hall–Kier alpha value is -0.400.